The number of carbonyl (C=O) groups excluding carboxylic acids is 1. The lowest BCUT2D eigenvalue weighted by molar-refractivity contribution is -0.128. The van der Waals surface area contributed by atoms with Crippen LogP contribution in [0, 0.1) is 5.82 Å². The van der Waals surface area contributed by atoms with Crippen LogP contribution in [0.4, 0.5) is 4.39 Å². The number of methoxy groups -OCH3 is 1. The molecule has 1 aromatic rings. The van der Waals surface area contributed by atoms with Gasteiger partial charge in [-0.1, -0.05) is 6.07 Å². The summed E-state index contributed by atoms with van der Waals surface area (Å²) in [6.07, 6.45) is 3.11. The van der Waals surface area contributed by atoms with Gasteiger partial charge in [0.15, 0.2) is 11.6 Å². The number of piperazine rings is 1. The molecule has 0 saturated carbocycles. The molecule has 1 aliphatic heterocycles. The van der Waals surface area contributed by atoms with Crippen molar-refractivity contribution in [2.75, 3.05) is 26.7 Å². The summed E-state index contributed by atoms with van der Waals surface area (Å²) in [6, 6.07) is 4.79. The molecule has 2 rings (SSSR count). The minimum Gasteiger partial charge on any atom is -0.494 e. The minimum absolute atomic E-state index is 0. The van der Waals surface area contributed by atoms with Crippen LogP contribution in [0.1, 0.15) is 12.5 Å². The summed E-state index contributed by atoms with van der Waals surface area (Å²) in [5.41, 5.74) is 0.638. The maximum atomic E-state index is 13.5. The molecule has 1 fully saturated rings. The van der Waals surface area contributed by atoms with Gasteiger partial charge in [0.2, 0.25) is 5.91 Å². The van der Waals surface area contributed by atoms with Crippen molar-refractivity contribution >= 4 is 24.4 Å². The lowest BCUT2D eigenvalue weighted by atomic mass is 10.1. The SMILES string of the molecule is COc1ccc(C=CC(=O)N2CCNCC2C)cc1F.Cl. The van der Waals surface area contributed by atoms with E-state index in [1.54, 1.807) is 18.2 Å². The molecule has 1 atom stereocenters. The molecule has 1 saturated heterocycles. The van der Waals surface area contributed by atoms with Gasteiger partial charge < -0.3 is 15.0 Å². The summed E-state index contributed by atoms with van der Waals surface area (Å²) in [4.78, 5) is 13.9. The zero-order valence-electron chi connectivity index (χ0n) is 12.1. The Labute approximate surface area is 130 Å². The summed E-state index contributed by atoms with van der Waals surface area (Å²) in [6.45, 7) is 4.31. The molecule has 1 aromatic carbocycles. The first kappa shape index (κ1) is 17.5. The molecule has 1 N–H and O–H groups in total. The number of amides is 1. The number of hydrogen-bond acceptors (Lipinski definition) is 3. The molecular formula is C15H20ClFN2O2. The van der Waals surface area contributed by atoms with Crippen LogP contribution in [0.25, 0.3) is 6.08 Å². The van der Waals surface area contributed by atoms with Crippen LogP contribution in [-0.2, 0) is 4.79 Å². The highest BCUT2D eigenvalue weighted by molar-refractivity contribution is 5.92. The van der Waals surface area contributed by atoms with Crippen molar-refractivity contribution < 1.29 is 13.9 Å². The number of hydrogen-bond donors (Lipinski definition) is 1. The van der Waals surface area contributed by atoms with E-state index in [1.165, 1.54) is 19.3 Å². The first-order valence-electron chi connectivity index (χ1n) is 6.64. The number of halogens is 2. The van der Waals surface area contributed by atoms with Crippen molar-refractivity contribution in [3.63, 3.8) is 0 Å². The highest BCUT2D eigenvalue weighted by Crippen LogP contribution is 2.18. The summed E-state index contributed by atoms with van der Waals surface area (Å²) in [5, 5.41) is 3.23. The van der Waals surface area contributed by atoms with Crippen LogP contribution in [0.2, 0.25) is 0 Å². The molecular weight excluding hydrogens is 295 g/mol. The smallest absolute Gasteiger partial charge is 0.246 e. The Balaban J connectivity index is 0.00000220. The average molecular weight is 315 g/mol. The maximum absolute atomic E-state index is 13.5. The van der Waals surface area contributed by atoms with Crippen LogP contribution in [-0.4, -0.2) is 43.6 Å². The molecule has 6 heteroatoms. The molecule has 0 aromatic heterocycles. The van der Waals surface area contributed by atoms with E-state index >= 15 is 0 Å². The summed E-state index contributed by atoms with van der Waals surface area (Å²) in [7, 11) is 1.42. The fourth-order valence-electron chi connectivity index (χ4n) is 2.22. The molecule has 4 nitrogen and oxygen atoms in total. The van der Waals surface area contributed by atoms with Crippen molar-refractivity contribution in [3.8, 4) is 5.75 Å². The Morgan fingerprint density at radius 3 is 2.90 bits per heavy atom. The van der Waals surface area contributed by atoms with Crippen molar-refractivity contribution in [1.29, 1.82) is 0 Å². The molecule has 1 heterocycles. The topological polar surface area (TPSA) is 41.6 Å². The summed E-state index contributed by atoms with van der Waals surface area (Å²) < 4.78 is 18.4. The van der Waals surface area contributed by atoms with Gasteiger partial charge in [0.05, 0.1) is 7.11 Å². The Bertz CT molecular complexity index is 522. The van der Waals surface area contributed by atoms with Gasteiger partial charge in [0, 0.05) is 31.8 Å². The van der Waals surface area contributed by atoms with E-state index in [9.17, 15) is 9.18 Å². The number of carbonyl (C=O) groups is 1. The van der Waals surface area contributed by atoms with Crippen molar-refractivity contribution in [1.82, 2.24) is 10.2 Å². The number of nitrogens with one attached hydrogen (secondary N) is 1. The molecule has 21 heavy (non-hydrogen) atoms. The monoisotopic (exact) mass is 314 g/mol. The van der Waals surface area contributed by atoms with E-state index in [0.29, 0.717) is 12.1 Å². The Hall–Kier alpha value is -1.59. The van der Waals surface area contributed by atoms with E-state index in [4.69, 9.17) is 4.74 Å². The highest BCUT2D eigenvalue weighted by atomic mass is 35.5. The van der Waals surface area contributed by atoms with Crippen LogP contribution in [0.3, 0.4) is 0 Å². The third kappa shape index (κ3) is 4.44. The molecule has 0 bridgehead atoms. The lowest BCUT2D eigenvalue weighted by Crippen LogP contribution is -2.51. The zero-order chi connectivity index (χ0) is 14.5. The van der Waals surface area contributed by atoms with Gasteiger partial charge in [-0.15, -0.1) is 12.4 Å². The fourth-order valence-corrected chi connectivity index (χ4v) is 2.22. The summed E-state index contributed by atoms with van der Waals surface area (Å²) >= 11 is 0. The lowest BCUT2D eigenvalue weighted by Gasteiger charge is -2.33. The molecule has 0 radical (unpaired) electrons. The van der Waals surface area contributed by atoms with Gasteiger partial charge in [-0.05, 0) is 30.7 Å². The predicted octanol–water partition coefficient (Wildman–Crippen LogP) is 2.09. The van der Waals surface area contributed by atoms with E-state index in [-0.39, 0.29) is 30.1 Å². The fraction of sp³-hybridized carbons (Fsp3) is 0.400. The number of rotatable bonds is 3. The summed E-state index contributed by atoms with van der Waals surface area (Å²) in [5.74, 6) is -0.280. The van der Waals surface area contributed by atoms with E-state index in [0.717, 1.165) is 13.1 Å². The third-order valence-electron chi connectivity index (χ3n) is 3.38. The standard InChI is InChI=1S/C15H19FN2O2.ClH/c1-11-10-17-7-8-18(11)15(19)6-4-12-3-5-14(20-2)13(16)9-12;/h3-6,9,11,17H,7-8,10H2,1-2H3;1H. The van der Waals surface area contributed by atoms with Crippen LogP contribution in [0.15, 0.2) is 24.3 Å². The van der Waals surface area contributed by atoms with Gasteiger partial charge in [0.25, 0.3) is 0 Å². The Morgan fingerprint density at radius 1 is 1.52 bits per heavy atom. The molecule has 1 aliphatic rings. The van der Waals surface area contributed by atoms with E-state index in [1.807, 2.05) is 11.8 Å². The van der Waals surface area contributed by atoms with Gasteiger partial charge in [-0.2, -0.15) is 0 Å². The highest BCUT2D eigenvalue weighted by Gasteiger charge is 2.20. The van der Waals surface area contributed by atoms with Gasteiger partial charge in [-0.25, -0.2) is 4.39 Å². The number of nitrogens with zero attached hydrogens (tertiary/aromatic N) is 1. The van der Waals surface area contributed by atoms with E-state index < -0.39 is 5.82 Å². The first-order chi connectivity index (χ1) is 9.61. The molecule has 116 valence electrons. The second kappa shape index (κ2) is 8.00. The van der Waals surface area contributed by atoms with Gasteiger partial charge >= 0.3 is 0 Å². The molecule has 1 amide bonds. The van der Waals surface area contributed by atoms with Crippen molar-refractivity contribution in [2.24, 2.45) is 0 Å². The van der Waals surface area contributed by atoms with E-state index in [2.05, 4.69) is 5.32 Å². The minimum atomic E-state index is -0.433. The average Bonchev–Trinajstić information content (AvgIpc) is 2.45. The molecule has 1 unspecified atom stereocenters. The zero-order valence-corrected chi connectivity index (χ0v) is 13.0. The second-order valence-electron chi connectivity index (χ2n) is 4.81. The quantitative estimate of drug-likeness (QED) is 0.869. The number of ether oxygens (including phenoxy) is 1. The predicted molar refractivity (Wildman–Crippen MR) is 83.3 cm³/mol. The molecule has 0 spiro atoms. The number of benzene rings is 1. The maximum Gasteiger partial charge on any atom is 0.246 e. The largest absolute Gasteiger partial charge is 0.494 e. The Morgan fingerprint density at radius 2 is 2.29 bits per heavy atom. The normalized spacial score (nSPS) is 18.4. The Kier molecular flexibility index (Phi) is 6.65. The first-order valence-corrected chi connectivity index (χ1v) is 6.64. The van der Waals surface area contributed by atoms with Crippen molar-refractivity contribution in [3.05, 3.63) is 35.7 Å². The van der Waals surface area contributed by atoms with Crippen molar-refractivity contribution in [2.45, 2.75) is 13.0 Å². The van der Waals surface area contributed by atoms with Gasteiger partial charge in [0.1, 0.15) is 0 Å². The molecule has 0 aliphatic carbocycles. The van der Waals surface area contributed by atoms with Gasteiger partial charge in [-0.3, -0.25) is 4.79 Å². The van der Waals surface area contributed by atoms with Crippen LogP contribution < -0.4 is 10.1 Å². The third-order valence-corrected chi connectivity index (χ3v) is 3.38. The second-order valence-corrected chi connectivity index (χ2v) is 4.81. The van der Waals surface area contributed by atoms with Crippen LogP contribution >= 0.6 is 12.4 Å². The van der Waals surface area contributed by atoms with Crippen LogP contribution in [0.5, 0.6) is 5.75 Å².